The zero-order chi connectivity index (χ0) is 44.2. The summed E-state index contributed by atoms with van der Waals surface area (Å²) in [5, 5.41) is 0.833. The van der Waals surface area contributed by atoms with Gasteiger partial charge in [0.2, 0.25) is 0 Å². The topological polar surface area (TPSA) is 17.1 Å². The zero-order valence-electron chi connectivity index (χ0n) is 39.4. The summed E-state index contributed by atoms with van der Waals surface area (Å²) in [5.41, 5.74) is 9.14. The molecule has 5 heteroatoms. The van der Waals surface area contributed by atoms with Crippen LogP contribution in [0.2, 0.25) is 0 Å². The minimum Gasteiger partial charge on any atom is -0.790 e. The van der Waals surface area contributed by atoms with Gasteiger partial charge in [0, 0.05) is 5.57 Å². The molecule has 6 rings (SSSR count). The van der Waals surface area contributed by atoms with Crippen molar-refractivity contribution in [3.8, 4) is 0 Å². The van der Waals surface area contributed by atoms with Crippen LogP contribution >= 0.6 is 0 Å². The average Bonchev–Trinajstić information content (AvgIpc) is 3.50. The summed E-state index contributed by atoms with van der Waals surface area (Å²) in [6.07, 6.45) is 5.23. The van der Waals surface area contributed by atoms with Crippen molar-refractivity contribution in [1.29, 1.82) is 0 Å². The Bertz CT molecular complexity index is 1640. The second-order valence-electron chi connectivity index (χ2n) is 17.6. The summed E-state index contributed by atoms with van der Waals surface area (Å²) in [4.78, 5) is 12.1. The second-order valence-corrected chi connectivity index (χ2v) is 19.5. The molecule has 0 heterocycles. The molecule has 61 heavy (non-hydrogen) atoms. The van der Waals surface area contributed by atoms with Crippen molar-refractivity contribution in [3.05, 3.63) is 161 Å². The molecule has 4 aromatic carbocycles. The second kappa shape index (κ2) is 30.8. The van der Waals surface area contributed by atoms with Gasteiger partial charge in [-0.25, -0.2) is 5.57 Å². The van der Waals surface area contributed by atoms with Gasteiger partial charge < -0.3 is 35.6 Å². The van der Waals surface area contributed by atoms with Gasteiger partial charge in [0.1, 0.15) is 0 Å². The number of hydrogen-bond donors (Lipinski definition) is 0. The van der Waals surface area contributed by atoms with Crippen molar-refractivity contribution >= 4 is 42.7 Å². The molecule has 2 radical (unpaired) electrons. The first-order chi connectivity index (χ1) is 27.9. The molecule has 2 aliphatic carbocycles. The first-order valence-corrected chi connectivity index (χ1v) is 22.9. The third-order valence-electron chi connectivity index (χ3n) is 13.2. The Morgan fingerprint density at radius 1 is 0.426 bits per heavy atom. The zero-order valence-corrected chi connectivity index (χ0v) is 44.5. The number of rotatable bonds is 6. The van der Waals surface area contributed by atoms with Crippen molar-refractivity contribution in [3.63, 3.8) is 0 Å². The summed E-state index contributed by atoms with van der Waals surface area (Å²) in [6.45, 7) is 31.9. The number of carbonyl (C=O) groups excluding carboxylic acids is 1. The minimum absolute atomic E-state index is 0. The summed E-state index contributed by atoms with van der Waals surface area (Å²) in [5.74, 6) is 9.35. The van der Waals surface area contributed by atoms with E-state index in [-0.39, 0.29) is 39.0 Å². The Balaban J connectivity index is 0.000000978. The maximum absolute atomic E-state index is 12.1. The fourth-order valence-electron chi connectivity index (χ4n) is 8.24. The summed E-state index contributed by atoms with van der Waals surface area (Å²) in [7, 11) is 0. The molecule has 330 valence electrons. The summed E-state index contributed by atoms with van der Waals surface area (Å²) >= 11 is 9.24. The predicted octanol–water partition coefficient (Wildman–Crippen LogP) is 14.9. The van der Waals surface area contributed by atoms with Gasteiger partial charge in [0.15, 0.2) is 0 Å². The smallest absolute Gasteiger partial charge is 0.790 e. The molecule has 4 aromatic rings. The van der Waals surface area contributed by atoms with Crippen LogP contribution in [0.4, 0.5) is 0 Å². The normalized spacial score (nSPS) is 24.4. The maximum Gasteiger partial charge on any atom is 3.00 e. The van der Waals surface area contributed by atoms with E-state index < -0.39 is 0 Å². The Kier molecular flexibility index (Phi) is 29.6. The van der Waals surface area contributed by atoms with Crippen molar-refractivity contribution in [2.45, 2.75) is 107 Å². The van der Waals surface area contributed by atoms with Gasteiger partial charge in [-0.05, 0) is 70.3 Å². The Labute approximate surface area is 410 Å². The van der Waals surface area contributed by atoms with Crippen molar-refractivity contribution < 1.29 is 43.8 Å². The molecule has 0 amide bonds. The third-order valence-corrected chi connectivity index (χ3v) is 13.2. The molecular formula is C56H74ORu2S2+2. The molecule has 0 saturated heterocycles. The Hall–Kier alpha value is -2.24. The SMILES string of the molecule is CC(C)[S-].CC(C)[S-].CC1C(C)C(C)C(C)C1C.CC1C(C)C(C)C(C)C1C.O=[C-]C([C-]=C=C(c1ccccc1)c1ccccc1)=C(c1ccccc1)c1ccccc1.[Ru+3].[Ru+3]. The van der Waals surface area contributed by atoms with Crippen LogP contribution in [0.25, 0.3) is 11.1 Å². The monoisotopic (exact) mass is 1030 g/mol. The van der Waals surface area contributed by atoms with Crippen molar-refractivity contribution in [1.82, 2.24) is 0 Å². The molecule has 0 aliphatic heterocycles. The summed E-state index contributed by atoms with van der Waals surface area (Å²) < 4.78 is 0. The molecule has 0 spiro atoms. The fourth-order valence-corrected chi connectivity index (χ4v) is 8.24. The third kappa shape index (κ3) is 19.2. The van der Waals surface area contributed by atoms with Crippen LogP contribution in [0.1, 0.15) is 119 Å². The van der Waals surface area contributed by atoms with Crippen LogP contribution in [0.15, 0.2) is 133 Å². The van der Waals surface area contributed by atoms with Crippen LogP contribution in [-0.2, 0) is 69.0 Å². The molecule has 0 bridgehead atoms. The largest absolute Gasteiger partial charge is 3.00 e. The van der Waals surface area contributed by atoms with Crippen LogP contribution in [0.3, 0.4) is 0 Å². The van der Waals surface area contributed by atoms with Gasteiger partial charge in [0.05, 0.1) is 0 Å². The number of hydrogen-bond acceptors (Lipinski definition) is 3. The molecule has 0 aromatic heterocycles. The Morgan fingerprint density at radius 2 is 0.623 bits per heavy atom. The van der Waals surface area contributed by atoms with Gasteiger partial charge in [-0.15, -0.1) is 17.4 Å². The van der Waals surface area contributed by atoms with Crippen LogP contribution < -0.4 is 0 Å². The molecule has 2 fully saturated rings. The van der Waals surface area contributed by atoms with Gasteiger partial charge in [-0.3, -0.25) is 11.8 Å². The van der Waals surface area contributed by atoms with E-state index >= 15 is 0 Å². The van der Waals surface area contributed by atoms with Gasteiger partial charge in [0.25, 0.3) is 0 Å². The fraction of sp³-hybridized carbons (Fsp3) is 0.464. The maximum atomic E-state index is 12.1. The quantitative estimate of drug-likeness (QED) is 0.0478. The number of allylic oxidation sites excluding steroid dienone is 2. The van der Waals surface area contributed by atoms with E-state index in [0.717, 1.165) is 92.6 Å². The molecule has 1 nitrogen and oxygen atoms in total. The van der Waals surface area contributed by atoms with Gasteiger partial charge in [-0.1, -0.05) is 218 Å². The predicted molar refractivity (Wildman–Crippen MR) is 263 cm³/mol. The minimum atomic E-state index is 0. The van der Waals surface area contributed by atoms with E-state index in [0.29, 0.717) is 16.1 Å². The molecule has 2 saturated carbocycles. The molecule has 0 N–H and O–H groups in total. The molecule has 0 unspecified atom stereocenters. The first kappa shape index (κ1) is 58.8. The van der Waals surface area contributed by atoms with Gasteiger partial charge in [-0.2, -0.15) is 10.5 Å². The van der Waals surface area contributed by atoms with Crippen molar-refractivity contribution in [2.75, 3.05) is 0 Å². The van der Waals surface area contributed by atoms with E-state index in [9.17, 15) is 4.79 Å². The van der Waals surface area contributed by atoms with E-state index in [1.807, 2.05) is 149 Å². The van der Waals surface area contributed by atoms with E-state index in [1.165, 1.54) is 0 Å². The van der Waals surface area contributed by atoms with Crippen LogP contribution in [-0.4, -0.2) is 16.8 Å². The first-order valence-electron chi connectivity index (χ1n) is 22.0. The van der Waals surface area contributed by atoms with E-state index in [4.69, 9.17) is 0 Å². The molecule has 0 atom stereocenters. The average molecular weight is 1030 g/mol. The van der Waals surface area contributed by atoms with E-state index in [2.05, 4.69) is 113 Å². The van der Waals surface area contributed by atoms with Crippen LogP contribution in [0, 0.1) is 65.3 Å². The van der Waals surface area contributed by atoms with Crippen LogP contribution in [0.5, 0.6) is 0 Å². The van der Waals surface area contributed by atoms with Gasteiger partial charge >= 0.3 is 39.0 Å². The van der Waals surface area contributed by atoms with Crippen molar-refractivity contribution in [2.24, 2.45) is 59.2 Å². The van der Waals surface area contributed by atoms with E-state index in [1.54, 1.807) is 0 Å². The Morgan fingerprint density at radius 3 is 0.820 bits per heavy atom. The molecule has 2 aliphatic rings. The number of benzene rings is 4. The molecular weight excluding hydrogens is 955 g/mol. The standard InChI is InChI=1S/C30H20O.2C10H20.2C3H8S.2Ru/c31-23-28(30(26-17-9-3-10-18-26)27-19-11-4-12-20-27)21-22-29(24-13-5-1-6-14-24)25-15-7-2-8-16-25;2*1-6-7(2)9(4)10(5)8(6)3;2*1-3(2)4;;/h1-20H;2*6-10H,1-5H3;2*3-4H,1-2H3;;/q-2;;;;;2*+3/p-2. The summed E-state index contributed by atoms with van der Waals surface area (Å²) in [6, 6.07) is 39.7.